The molecule has 158 valence electrons. The molecule has 0 unspecified atom stereocenters. The predicted molar refractivity (Wildman–Crippen MR) is 116 cm³/mol. The number of carbonyl (C=O) groups is 1. The van der Waals surface area contributed by atoms with Gasteiger partial charge in [-0.25, -0.2) is 9.67 Å². The molecule has 7 heteroatoms. The highest BCUT2D eigenvalue weighted by Gasteiger charge is 2.29. The average Bonchev–Trinajstić information content (AvgIpc) is 3.18. The van der Waals surface area contributed by atoms with Crippen molar-refractivity contribution in [1.82, 2.24) is 24.2 Å². The molecule has 1 saturated heterocycles. The second-order valence-corrected chi connectivity index (χ2v) is 8.17. The van der Waals surface area contributed by atoms with Crippen molar-refractivity contribution in [3.05, 3.63) is 58.5 Å². The number of hydrogen-bond donors (Lipinski definition) is 0. The van der Waals surface area contributed by atoms with Crippen molar-refractivity contribution in [2.75, 3.05) is 13.1 Å². The minimum absolute atomic E-state index is 0.0891. The summed E-state index contributed by atoms with van der Waals surface area (Å²) >= 11 is 0. The molecule has 0 radical (unpaired) electrons. The van der Waals surface area contributed by atoms with Crippen LogP contribution < -0.4 is 5.56 Å². The molecule has 1 amide bonds. The standard InChI is InChI=1S/C23H29N5O2/c1-4-28-23(30)20-8-6-5-7-19(20)21(25-28)16(2)22(29)26-12-9-18(10-13-26)15-27-14-11-24-17(27)3/h5-8,11,14,16,18H,4,9-10,12-13,15H2,1-3H3/t16-/m0/s1. The Bertz CT molecular complexity index is 1110. The van der Waals surface area contributed by atoms with Crippen LogP contribution in [-0.4, -0.2) is 43.2 Å². The van der Waals surface area contributed by atoms with Crippen molar-refractivity contribution in [3.63, 3.8) is 0 Å². The van der Waals surface area contributed by atoms with E-state index in [0.29, 0.717) is 23.5 Å². The average molecular weight is 408 g/mol. The SMILES string of the molecule is CCn1nc([C@H](C)C(=O)N2CCC(Cn3ccnc3C)CC2)c2ccccc2c1=O. The molecule has 0 saturated carbocycles. The number of aryl methyl sites for hydroxylation is 2. The number of aromatic nitrogens is 4. The molecule has 3 aromatic rings. The third-order valence-electron chi connectivity index (χ3n) is 6.28. The van der Waals surface area contributed by atoms with Gasteiger partial charge >= 0.3 is 0 Å². The maximum Gasteiger partial charge on any atom is 0.274 e. The van der Waals surface area contributed by atoms with Crippen molar-refractivity contribution in [2.24, 2.45) is 5.92 Å². The van der Waals surface area contributed by atoms with Crippen molar-refractivity contribution in [3.8, 4) is 0 Å². The van der Waals surface area contributed by atoms with E-state index in [1.54, 1.807) is 0 Å². The summed E-state index contributed by atoms with van der Waals surface area (Å²) in [6.07, 6.45) is 5.83. The molecule has 0 N–H and O–H groups in total. The molecule has 0 aliphatic carbocycles. The summed E-state index contributed by atoms with van der Waals surface area (Å²) < 4.78 is 3.65. The highest BCUT2D eigenvalue weighted by atomic mass is 16.2. The van der Waals surface area contributed by atoms with Crippen LogP contribution in [0.5, 0.6) is 0 Å². The van der Waals surface area contributed by atoms with Gasteiger partial charge in [-0.3, -0.25) is 9.59 Å². The van der Waals surface area contributed by atoms with Gasteiger partial charge in [0.1, 0.15) is 5.82 Å². The van der Waals surface area contributed by atoms with Crippen LogP contribution in [0, 0.1) is 12.8 Å². The fourth-order valence-electron chi connectivity index (χ4n) is 4.40. The van der Waals surface area contributed by atoms with Crippen LogP contribution in [0.1, 0.15) is 44.1 Å². The molecule has 1 aliphatic rings. The van der Waals surface area contributed by atoms with Gasteiger partial charge in [0.25, 0.3) is 5.56 Å². The molecule has 4 rings (SSSR count). The zero-order valence-electron chi connectivity index (χ0n) is 17.9. The molecule has 1 aromatic carbocycles. The number of nitrogens with zero attached hydrogens (tertiary/aromatic N) is 5. The second kappa shape index (κ2) is 8.42. The van der Waals surface area contributed by atoms with E-state index in [4.69, 9.17) is 0 Å². The highest BCUT2D eigenvalue weighted by Crippen LogP contribution is 2.26. The van der Waals surface area contributed by atoms with E-state index in [9.17, 15) is 9.59 Å². The van der Waals surface area contributed by atoms with Crippen LogP contribution in [-0.2, 0) is 17.9 Å². The Balaban J connectivity index is 1.50. The van der Waals surface area contributed by atoms with Crippen molar-refractivity contribution >= 4 is 16.7 Å². The molecule has 30 heavy (non-hydrogen) atoms. The quantitative estimate of drug-likeness (QED) is 0.652. The summed E-state index contributed by atoms with van der Waals surface area (Å²) in [5.41, 5.74) is 0.584. The van der Waals surface area contributed by atoms with Gasteiger partial charge in [-0.05, 0) is 45.6 Å². The fourth-order valence-corrected chi connectivity index (χ4v) is 4.40. The molecular formula is C23H29N5O2. The maximum atomic E-state index is 13.3. The lowest BCUT2D eigenvalue weighted by atomic mass is 9.94. The number of fused-ring (bicyclic) bond motifs is 1. The molecule has 1 atom stereocenters. The van der Waals surface area contributed by atoms with E-state index in [2.05, 4.69) is 14.6 Å². The van der Waals surface area contributed by atoms with Crippen molar-refractivity contribution < 1.29 is 4.79 Å². The van der Waals surface area contributed by atoms with Gasteiger partial charge in [-0.1, -0.05) is 18.2 Å². The van der Waals surface area contributed by atoms with Crippen molar-refractivity contribution in [1.29, 1.82) is 0 Å². The van der Waals surface area contributed by atoms with Crippen LogP contribution in [0.4, 0.5) is 0 Å². The first-order valence-electron chi connectivity index (χ1n) is 10.8. The van der Waals surface area contributed by atoms with E-state index in [0.717, 1.165) is 43.7 Å². The number of carbonyl (C=O) groups excluding carboxylic acids is 1. The van der Waals surface area contributed by atoms with E-state index < -0.39 is 0 Å². The first kappa shape index (κ1) is 20.3. The summed E-state index contributed by atoms with van der Waals surface area (Å²) in [6.45, 7) is 8.77. The van der Waals surface area contributed by atoms with Crippen LogP contribution >= 0.6 is 0 Å². The Kier molecular flexibility index (Phi) is 5.70. The summed E-state index contributed by atoms with van der Waals surface area (Å²) in [7, 11) is 0. The number of rotatable bonds is 5. The van der Waals surface area contributed by atoms with Gasteiger partial charge < -0.3 is 9.47 Å². The molecular weight excluding hydrogens is 378 g/mol. The maximum absolute atomic E-state index is 13.3. The minimum Gasteiger partial charge on any atom is -0.342 e. The van der Waals surface area contributed by atoms with Crippen LogP contribution in [0.3, 0.4) is 0 Å². The Morgan fingerprint density at radius 1 is 1.20 bits per heavy atom. The smallest absolute Gasteiger partial charge is 0.274 e. The second-order valence-electron chi connectivity index (χ2n) is 8.17. The van der Waals surface area contributed by atoms with Crippen LogP contribution in [0.15, 0.2) is 41.5 Å². The molecule has 0 bridgehead atoms. The Morgan fingerprint density at radius 3 is 2.53 bits per heavy atom. The summed E-state index contributed by atoms with van der Waals surface area (Å²) in [5.74, 6) is 1.29. The monoisotopic (exact) mass is 407 g/mol. The lowest BCUT2D eigenvalue weighted by molar-refractivity contribution is -0.134. The third kappa shape index (κ3) is 3.76. The van der Waals surface area contributed by atoms with E-state index in [1.165, 1.54) is 4.68 Å². The Morgan fingerprint density at radius 2 is 1.90 bits per heavy atom. The highest BCUT2D eigenvalue weighted by molar-refractivity contribution is 5.91. The Hall–Kier alpha value is -2.96. The number of piperidine rings is 1. The lowest BCUT2D eigenvalue weighted by Crippen LogP contribution is -2.41. The van der Waals surface area contributed by atoms with Crippen LogP contribution in [0.2, 0.25) is 0 Å². The molecule has 2 aromatic heterocycles. The molecule has 0 spiro atoms. The van der Waals surface area contributed by atoms with E-state index >= 15 is 0 Å². The number of likely N-dealkylation sites (tertiary alicyclic amines) is 1. The molecule has 1 aliphatic heterocycles. The summed E-state index contributed by atoms with van der Waals surface area (Å²) in [6, 6.07) is 7.45. The van der Waals surface area contributed by atoms with E-state index in [1.807, 2.05) is 62.3 Å². The fraction of sp³-hybridized carbons (Fsp3) is 0.478. The first-order chi connectivity index (χ1) is 14.5. The third-order valence-corrected chi connectivity index (χ3v) is 6.28. The molecule has 1 fully saturated rings. The van der Waals surface area contributed by atoms with Gasteiger partial charge in [0, 0.05) is 44.0 Å². The molecule has 3 heterocycles. The number of hydrogen-bond acceptors (Lipinski definition) is 4. The first-order valence-corrected chi connectivity index (χ1v) is 10.8. The number of imidazole rings is 1. The van der Waals surface area contributed by atoms with Crippen molar-refractivity contribution in [2.45, 2.75) is 52.6 Å². The summed E-state index contributed by atoms with van der Waals surface area (Å²) in [5, 5.41) is 5.96. The number of amides is 1. The Labute approximate surface area is 176 Å². The van der Waals surface area contributed by atoms with Gasteiger partial charge in [-0.15, -0.1) is 0 Å². The lowest BCUT2D eigenvalue weighted by Gasteiger charge is -2.34. The molecule has 7 nitrogen and oxygen atoms in total. The zero-order chi connectivity index (χ0) is 21.3. The topological polar surface area (TPSA) is 73.0 Å². The minimum atomic E-state index is -0.388. The normalized spacial score (nSPS) is 16.2. The predicted octanol–water partition coefficient (Wildman–Crippen LogP) is 2.96. The van der Waals surface area contributed by atoms with Gasteiger partial charge in [0.15, 0.2) is 0 Å². The van der Waals surface area contributed by atoms with E-state index in [-0.39, 0.29) is 17.4 Å². The zero-order valence-corrected chi connectivity index (χ0v) is 17.9. The van der Waals surface area contributed by atoms with Crippen LogP contribution in [0.25, 0.3) is 10.8 Å². The van der Waals surface area contributed by atoms with Gasteiger partial charge in [0.05, 0.1) is 17.0 Å². The largest absolute Gasteiger partial charge is 0.342 e. The van der Waals surface area contributed by atoms with Gasteiger partial charge in [0.2, 0.25) is 5.91 Å². The number of benzene rings is 1. The summed E-state index contributed by atoms with van der Waals surface area (Å²) in [4.78, 5) is 32.1. The van der Waals surface area contributed by atoms with Gasteiger partial charge in [-0.2, -0.15) is 5.10 Å².